The number of rotatable bonds is 8. The first kappa shape index (κ1) is 16.4. The Morgan fingerprint density at radius 2 is 2.20 bits per heavy atom. The van der Waals surface area contributed by atoms with Gasteiger partial charge in [0.2, 0.25) is 0 Å². The number of anilines is 1. The lowest BCUT2D eigenvalue weighted by molar-refractivity contribution is 0.0574. The molecule has 1 aromatic rings. The van der Waals surface area contributed by atoms with E-state index in [1.54, 1.807) is 24.3 Å². The zero-order valence-corrected chi connectivity index (χ0v) is 12.8. The molecule has 5 nitrogen and oxygen atoms in total. The van der Waals surface area contributed by atoms with Gasteiger partial charge in [-0.2, -0.15) is 0 Å². The van der Waals surface area contributed by atoms with Crippen molar-refractivity contribution in [2.45, 2.75) is 33.2 Å². The molecule has 20 heavy (non-hydrogen) atoms. The van der Waals surface area contributed by atoms with Crippen molar-refractivity contribution >= 4 is 11.6 Å². The fourth-order valence-corrected chi connectivity index (χ4v) is 2.03. The first-order chi connectivity index (χ1) is 9.63. The summed E-state index contributed by atoms with van der Waals surface area (Å²) in [6.45, 7) is 8.11. The van der Waals surface area contributed by atoms with Gasteiger partial charge in [0.1, 0.15) is 5.69 Å². The molecule has 0 radical (unpaired) electrons. The van der Waals surface area contributed by atoms with Gasteiger partial charge in [0.25, 0.3) is 5.91 Å². The summed E-state index contributed by atoms with van der Waals surface area (Å²) in [6, 6.07) is 3.70. The van der Waals surface area contributed by atoms with Crippen LogP contribution in [0.4, 0.5) is 5.69 Å². The van der Waals surface area contributed by atoms with E-state index in [2.05, 4.69) is 17.2 Å². The molecule has 1 aromatic heterocycles. The molecule has 1 heterocycles. The van der Waals surface area contributed by atoms with Crippen LogP contribution in [0.3, 0.4) is 0 Å². The number of hydrogen-bond acceptors (Lipinski definition) is 4. The Morgan fingerprint density at radius 1 is 1.45 bits per heavy atom. The standard InChI is InChI=1S/C15H25N3O2/c1-5-9-16-13-7-8-14(17-10-13)15(19)18(6-2)12(3)11-20-4/h7-8,10,12,16H,5-6,9,11H2,1-4H3. The largest absolute Gasteiger partial charge is 0.384 e. The second kappa shape index (κ2) is 8.53. The van der Waals surface area contributed by atoms with Crippen LogP contribution in [0.25, 0.3) is 0 Å². The summed E-state index contributed by atoms with van der Waals surface area (Å²) in [4.78, 5) is 18.4. The van der Waals surface area contributed by atoms with Gasteiger partial charge < -0.3 is 15.0 Å². The molecule has 1 unspecified atom stereocenters. The Kier molecular flexibility index (Phi) is 7.01. The molecule has 0 bridgehead atoms. The van der Waals surface area contributed by atoms with Crippen molar-refractivity contribution in [3.8, 4) is 0 Å². The minimum absolute atomic E-state index is 0.0391. The molecule has 112 valence electrons. The van der Waals surface area contributed by atoms with E-state index in [0.717, 1.165) is 18.7 Å². The number of amides is 1. The van der Waals surface area contributed by atoms with Crippen LogP contribution in [-0.4, -0.2) is 48.6 Å². The molecule has 0 aliphatic rings. The van der Waals surface area contributed by atoms with Crippen LogP contribution in [0.5, 0.6) is 0 Å². The fourth-order valence-electron chi connectivity index (χ4n) is 2.03. The molecule has 1 rings (SSSR count). The minimum Gasteiger partial charge on any atom is -0.384 e. The van der Waals surface area contributed by atoms with Gasteiger partial charge in [0.05, 0.1) is 24.5 Å². The van der Waals surface area contributed by atoms with E-state index in [1.807, 2.05) is 19.9 Å². The number of carbonyl (C=O) groups excluding carboxylic acids is 1. The molecule has 0 fully saturated rings. The lowest BCUT2D eigenvalue weighted by Crippen LogP contribution is -2.41. The van der Waals surface area contributed by atoms with Gasteiger partial charge in [-0.05, 0) is 32.4 Å². The third-order valence-electron chi connectivity index (χ3n) is 3.10. The number of pyridine rings is 1. The van der Waals surface area contributed by atoms with Crippen LogP contribution < -0.4 is 5.32 Å². The number of hydrogen-bond donors (Lipinski definition) is 1. The molecule has 0 saturated heterocycles. The Labute approximate surface area is 121 Å². The molecule has 1 N–H and O–H groups in total. The third-order valence-corrected chi connectivity index (χ3v) is 3.10. The quantitative estimate of drug-likeness (QED) is 0.794. The SMILES string of the molecule is CCCNc1ccc(C(=O)N(CC)C(C)COC)nc1. The molecule has 0 aliphatic heterocycles. The zero-order chi connectivity index (χ0) is 15.0. The van der Waals surface area contributed by atoms with Crippen LogP contribution in [0.15, 0.2) is 18.3 Å². The molecule has 5 heteroatoms. The van der Waals surface area contributed by atoms with Crippen LogP contribution in [-0.2, 0) is 4.74 Å². The lowest BCUT2D eigenvalue weighted by Gasteiger charge is -2.27. The van der Waals surface area contributed by atoms with Crippen LogP contribution >= 0.6 is 0 Å². The average Bonchev–Trinajstić information content (AvgIpc) is 2.46. The summed E-state index contributed by atoms with van der Waals surface area (Å²) < 4.78 is 5.11. The molecule has 1 atom stereocenters. The molecule has 0 saturated carbocycles. The summed E-state index contributed by atoms with van der Waals surface area (Å²) in [5.74, 6) is -0.0564. The minimum atomic E-state index is -0.0564. The summed E-state index contributed by atoms with van der Waals surface area (Å²) in [6.07, 6.45) is 2.76. The van der Waals surface area contributed by atoms with Crippen molar-refractivity contribution in [1.82, 2.24) is 9.88 Å². The van der Waals surface area contributed by atoms with E-state index >= 15 is 0 Å². The highest BCUT2D eigenvalue weighted by Crippen LogP contribution is 2.10. The van der Waals surface area contributed by atoms with Crippen molar-refractivity contribution < 1.29 is 9.53 Å². The smallest absolute Gasteiger partial charge is 0.272 e. The average molecular weight is 279 g/mol. The molecule has 0 aliphatic carbocycles. The van der Waals surface area contributed by atoms with Crippen molar-refractivity contribution in [3.63, 3.8) is 0 Å². The van der Waals surface area contributed by atoms with Gasteiger partial charge in [-0.3, -0.25) is 4.79 Å². The second-order valence-corrected chi connectivity index (χ2v) is 4.75. The number of carbonyl (C=O) groups is 1. The van der Waals surface area contributed by atoms with Crippen molar-refractivity contribution in [3.05, 3.63) is 24.0 Å². The first-order valence-electron chi connectivity index (χ1n) is 7.13. The normalized spacial score (nSPS) is 12.0. The second-order valence-electron chi connectivity index (χ2n) is 4.75. The highest BCUT2D eigenvalue weighted by atomic mass is 16.5. The molecular weight excluding hydrogens is 254 g/mol. The maximum Gasteiger partial charge on any atom is 0.272 e. The molecule has 0 aromatic carbocycles. The van der Waals surface area contributed by atoms with Crippen LogP contribution in [0.2, 0.25) is 0 Å². The summed E-state index contributed by atoms with van der Waals surface area (Å²) in [5.41, 5.74) is 1.41. The zero-order valence-electron chi connectivity index (χ0n) is 12.8. The number of ether oxygens (including phenoxy) is 1. The number of nitrogens with one attached hydrogen (secondary N) is 1. The predicted molar refractivity (Wildman–Crippen MR) is 81.1 cm³/mol. The van der Waals surface area contributed by atoms with Gasteiger partial charge in [0, 0.05) is 20.2 Å². The number of methoxy groups -OCH3 is 1. The number of aromatic nitrogens is 1. The number of likely N-dealkylation sites (N-methyl/N-ethyl adjacent to an activating group) is 1. The Bertz CT molecular complexity index is 406. The third kappa shape index (κ3) is 4.49. The summed E-state index contributed by atoms with van der Waals surface area (Å²) >= 11 is 0. The Balaban J connectivity index is 2.74. The van der Waals surface area contributed by atoms with Crippen molar-refractivity contribution in [2.75, 3.05) is 32.1 Å². The van der Waals surface area contributed by atoms with Gasteiger partial charge >= 0.3 is 0 Å². The van der Waals surface area contributed by atoms with Gasteiger partial charge in [0.15, 0.2) is 0 Å². The van der Waals surface area contributed by atoms with E-state index in [1.165, 1.54) is 0 Å². The van der Waals surface area contributed by atoms with Gasteiger partial charge in [-0.25, -0.2) is 4.98 Å². The highest BCUT2D eigenvalue weighted by Gasteiger charge is 2.20. The lowest BCUT2D eigenvalue weighted by atomic mass is 10.2. The van der Waals surface area contributed by atoms with Crippen molar-refractivity contribution in [1.29, 1.82) is 0 Å². The van der Waals surface area contributed by atoms with E-state index in [-0.39, 0.29) is 11.9 Å². The van der Waals surface area contributed by atoms with E-state index in [4.69, 9.17) is 4.74 Å². The summed E-state index contributed by atoms with van der Waals surface area (Å²) in [7, 11) is 1.64. The van der Waals surface area contributed by atoms with Crippen molar-refractivity contribution in [2.24, 2.45) is 0 Å². The van der Waals surface area contributed by atoms with Gasteiger partial charge in [-0.1, -0.05) is 6.92 Å². The van der Waals surface area contributed by atoms with Crippen LogP contribution in [0.1, 0.15) is 37.7 Å². The van der Waals surface area contributed by atoms with E-state index in [9.17, 15) is 4.79 Å². The highest BCUT2D eigenvalue weighted by molar-refractivity contribution is 5.92. The van der Waals surface area contributed by atoms with Gasteiger partial charge in [-0.15, -0.1) is 0 Å². The monoisotopic (exact) mass is 279 g/mol. The first-order valence-corrected chi connectivity index (χ1v) is 7.13. The fraction of sp³-hybridized carbons (Fsp3) is 0.600. The van der Waals surface area contributed by atoms with E-state index < -0.39 is 0 Å². The molecule has 0 spiro atoms. The summed E-state index contributed by atoms with van der Waals surface area (Å²) in [5, 5.41) is 3.24. The van der Waals surface area contributed by atoms with E-state index in [0.29, 0.717) is 18.8 Å². The Morgan fingerprint density at radius 3 is 2.70 bits per heavy atom. The predicted octanol–water partition coefficient (Wildman–Crippen LogP) is 2.40. The van der Waals surface area contributed by atoms with Crippen LogP contribution in [0, 0.1) is 0 Å². The Hall–Kier alpha value is -1.62. The molecule has 1 amide bonds. The maximum atomic E-state index is 12.4. The number of nitrogens with zero attached hydrogens (tertiary/aromatic N) is 2. The molecular formula is C15H25N3O2. The maximum absolute atomic E-state index is 12.4. The topological polar surface area (TPSA) is 54.5 Å².